The number of benzene rings is 1. The molecule has 0 saturated carbocycles. The van der Waals surface area contributed by atoms with Crippen molar-refractivity contribution in [2.24, 2.45) is 0 Å². The van der Waals surface area contributed by atoms with Crippen molar-refractivity contribution in [3.63, 3.8) is 0 Å². The van der Waals surface area contributed by atoms with Crippen LogP contribution in [0.4, 0.5) is 5.69 Å². The number of carboxylic acids is 1. The highest BCUT2D eigenvalue weighted by Crippen LogP contribution is 2.29. The zero-order valence-corrected chi connectivity index (χ0v) is 8.32. The number of hydrogen-bond acceptors (Lipinski definition) is 3. The lowest BCUT2D eigenvalue weighted by molar-refractivity contribution is 0.0693. The fourth-order valence-electron chi connectivity index (χ4n) is 1.42. The van der Waals surface area contributed by atoms with E-state index in [-0.39, 0.29) is 5.69 Å². The minimum absolute atomic E-state index is 0.0177. The Morgan fingerprint density at radius 3 is 2.73 bits per heavy atom. The molecule has 2 aromatic rings. The van der Waals surface area contributed by atoms with Crippen LogP contribution in [-0.2, 0) is 0 Å². The molecule has 0 aliphatic heterocycles. The zero-order valence-electron chi connectivity index (χ0n) is 7.57. The van der Waals surface area contributed by atoms with E-state index in [1.807, 2.05) is 0 Å². The molecule has 0 unspecified atom stereocenters. The summed E-state index contributed by atoms with van der Waals surface area (Å²) in [5.74, 6) is -1.08. The van der Waals surface area contributed by atoms with Crippen LogP contribution in [0.25, 0.3) is 10.8 Å². The number of carboxylic acid groups (broad SMARTS) is 1. The van der Waals surface area contributed by atoms with E-state index in [1.165, 1.54) is 6.20 Å². The van der Waals surface area contributed by atoms with Crippen LogP contribution < -0.4 is 5.73 Å². The van der Waals surface area contributed by atoms with Crippen LogP contribution in [-0.4, -0.2) is 16.1 Å². The van der Waals surface area contributed by atoms with Crippen LogP contribution in [0, 0.1) is 0 Å². The molecule has 1 heterocycles. The molecule has 1 aromatic carbocycles. The van der Waals surface area contributed by atoms with Crippen molar-refractivity contribution in [2.75, 3.05) is 5.73 Å². The lowest BCUT2D eigenvalue weighted by Crippen LogP contribution is -2.01. The van der Waals surface area contributed by atoms with Crippen molar-refractivity contribution in [1.82, 2.24) is 4.98 Å². The van der Waals surface area contributed by atoms with Gasteiger partial charge in [0.2, 0.25) is 0 Å². The molecule has 2 rings (SSSR count). The molecule has 0 saturated heterocycles. The summed E-state index contributed by atoms with van der Waals surface area (Å²) in [6.45, 7) is 0. The number of aromatic nitrogens is 1. The van der Waals surface area contributed by atoms with E-state index < -0.39 is 5.97 Å². The van der Waals surface area contributed by atoms with Gasteiger partial charge in [-0.15, -0.1) is 0 Å². The highest BCUT2D eigenvalue weighted by atomic mass is 35.5. The minimum atomic E-state index is -1.08. The maximum absolute atomic E-state index is 10.9. The summed E-state index contributed by atoms with van der Waals surface area (Å²) in [4.78, 5) is 14.7. The molecule has 0 fully saturated rings. The summed E-state index contributed by atoms with van der Waals surface area (Å²) in [6, 6.07) is 4.81. The normalized spacial score (nSPS) is 10.5. The average molecular weight is 223 g/mol. The topological polar surface area (TPSA) is 76.2 Å². The lowest BCUT2D eigenvalue weighted by atomic mass is 10.1. The van der Waals surface area contributed by atoms with Gasteiger partial charge in [0, 0.05) is 17.0 Å². The quantitative estimate of drug-likeness (QED) is 0.725. The summed E-state index contributed by atoms with van der Waals surface area (Å²) in [6.07, 6.45) is 1.40. The molecule has 0 spiro atoms. The van der Waals surface area contributed by atoms with Crippen LogP contribution >= 0.6 is 11.6 Å². The highest BCUT2D eigenvalue weighted by Gasteiger charge is 2.12. The van der Waals surface area contributed by atoms with E-state index in [0.29, 0.717) is 21.5 Å². The lowest BCUT2D eigenvalue weighted by Gasteiger charge is -2.05. The molecular formula is C10H7ClN2O2. The Kier molecular flexibility index (Phi) is 2.21. The summed E-state index contributed by atoms with van der Waals surface area (Å²) >= 11 is 5.83. The third kappa shape index (κ3) is 1.49. The van der Waals surface area contributed by atoms with Gasteiger partial charge in [0.15, 0.2) is 5.69 Å². The molecule has 0 aliphatic rings. The Balaban J connectivity index is 2.89. The number of rotatable bonds is 1. The number of hydrogen-bond donors (Lipinski definition) is 2. The fourth-order valence-corrected chi connectivity index (χ4v) is 1.59. The second-order valence-corrected chi connectivity index (χ2v) is 3.43. The van der Waals surface area contributed by atoms with E-state index in [2.05, 4.69) is 4.98 Å². The maximum atomic E-state index is 10.9. The number of carbonyl (C=O) groups is 1. The van der Waals surface area contributed by atoms with E-state index >= 15 is 0 Å². The monoisotopic (exact) mass is 222 g/mol. The molecule has 0 aliphatic carbocycles. The number of aromatic carboxylic acids is 1. The smallest absolute Gasteiger partial charge is 0.355 e. The number of pyridine rings is 1. The number of halogens is 1. The van der Waals surface area contributed by atoms with Gasteiger partial charge in [0.1, 0.15) is 0 Å². The van der Waals surface area contributed by atoms with E-state index in [0.717, 1.165) is 0 Å². The summed E-state index contributed by atoms with van der Waals surface area (Å²) in [7, 11) is 0. The molecule has 0 amide bonds. The van der Waals surface area contributed by atoms with Gasteiger partial charge in [-0.2, -0.15) is 0 Å². The third-order valence-corrected chi connectivity index (χ3v) is 2.47. The van der Waals surface area contributed by atoms with Gasteiger partial charge in [0.05, 0.1) is 10.7 Å². The Morgan fingerprint density at radius 1 is 1.33 bits per heavy atom. The molecule has 5 heteroatoms. The summed E-state index contributed by atoms with van der Waals surface area (Å²) in [5, 5.41) is 10.4. The number of nitrogens with two attached hydrogens (primary N) is 1. The summed E-state index contributed by atoms with van der Waals surface area (Å²) in [5.41, 5.74) is 6.09. The first-order valence-electron chi connectivity index (χ1n) is 4.17. The number of fused-ring (bicyclic) bond motifs is 1. The van der Waals surface area contributed by atoms with Gasteiger partial charge >= 0.3 is 5.97 Å². The number of anilines is 1. The predicted octanol–water partition coefficient (Wildman–Crippen LogP) is 2.17. The van der Waals surface area contributed by atoms with Crippen molar-refractivity contribution in [3.05, 3.63) is 35.1 Å². The minimum Gasteiger partial charge on any atom is -0.476 e. The van der Waals surface area contributed by atoms with Crippen LogP contribution in [0.3, 0.4) is 0 Å². The molecule has 15 heavy (non-hydrogen) atoms. The second-order valence-electron chi connectivity index (χ2n) is 3.02. The highest BCUT2D eigenvalue weighted by molar-refractivity contribution is 6.34. The van der Waals surface area contributed by atoms with Crippen molar-refractivity contribution >= 4 is 34.0 Å². The molecular weight excluding hydrogens is 216 g/mol. The fraction of sp³-hybridized carbons (Fsp3) is 0. The Labute approximate surface area is 90.3 Å². The van der Waals surface area contributed by atoms with Crippen LogP contribution in [0.1, 0.15) is 10.5 Å². The van der Waals surface area contributed by atoms with Crippen LogP contribution in [0.15, 0.2) is 24.4 Å². The van der Waals surface area contributed by atoms with Crippen molar-refractivity contribution < 1.29 is 9.90 Å². The van der Waals surface area contributed by atoms with Crippen molar-refractivity contribution in [3.8, 4) is 0 Å². The Bertz CT molecular complexity index is 554. The van der Waals surface area contributed by atoms with Gasteiger partial charge < -0.3 is 10.8 Å². The standard InChI is InChI=1S/C10H7ClN2O2/c11-7-2-1-6-5(8(7)12)3-4-13-9(6)10(14)15/h1-4H,12H2,(H,14,15). The average Bonchev–Trinajstić information content (AvgIpc) is 2.23. The largest absolute Gasteiger partial charge is 0.476 e. The van der Waals surface area contributed by atoms with Gasteiger partial charge in [-0.3, -0.25) is 0 Å². The van der Waals surface area contributed by atoms with Crippen molar-refractivity contribution in [1.29, 1.82) is 0 Å². The SMILES string of the molecule is Nc1c(Cl)ccc2c(C(=O)O)nccc12. The van der Waals surface area contributed by atoms with E-state index in [4.69, 9.17) is 22.4 Å². The molecule has 1 aromatic heterocycles. The summed E-state index contributed by atoms with van der Waals surface area (Å²) < 4.78 is 0. The number of nitrogen functional groups attached to an aromatic ring is 1. The van der Waals surface area contributed by atoms with Gasteiger partial charge in [-0.1, -0.05) is 17.7 Å². The molecule has 0 atom stereocenters. The Morgan fingerprint density at radius 2 is 2.07 bits per heavy atom. The first-order chi connectivity index (χ1) is 7.11. The van der Waals surface area contributed by atoms with E-state index in [9.17, 15) is 4.79 Å². The number of nitrogens with zero attached hydrogens (tertiary/aromatic N) is 1. The maximum Gasteiger partial charge on any atom is 0.355 e. The predicted molar refractivity (Wildman–Crippen MR) is 58.1 cm³/mol. The molecule has 0 bridgehead atoms. The van der Waals surface area contributed by atoms with Gasteiger partial charge in [0.25, 0.3) is 0 Å². The van der Waals surface area contributed by atoms with Gasteiger partial charge in [-0.05, 0) is 12.1 Å². The first kappa shape index (κ1) is 9.73. The molecule has 0 radical (unpaired) electrons. The molecule has 76 valence electrons. The molecule has 3 N–H and O–H groups in total. The third-order valence-electron chi connectivity index (χ3n) is 2.14. The van der Waals surface area contributed by atoms with Crippen LogP contribution in [0.5, 0.6) is 0 Å². The molecule has 4 nitrogen and oxygen atoms in total. The second kappa shape index (κ2) is 3.40. The van der Waals surface area contributed by atoms with E-state index in [1.54, 1.807) is 18.2 Å². The first-order valence-corrected chi connectivity index (χ1v) is 4.55. The van der Waals surface area contributed by atoms with Crippen molar-refractivity contribution in [2.45, 2.75) is 0 Å². The zero-order chi connectivity index (χ0) is 11.0. The van der Waals surface area contributed by atoms with Gasteiger partial charge in [-0.25, -0.2) is 9.78 Å². The Hall–Kier alpha value is -1.81. The van der Waals surface area contributed by atoms with Crippen LogP contribution in [0.2, 0.25) is 5.02 Å².